The van der Waals surface area contributed by atoms with E-state index in [4.69, 9.17) is 4.74 Å². The fraction of sp³-hybridized carbons (Fsp3) is 0.556. The fourth-order valence-corrected chi connectivity index (χ4v) is 3.49. The Morgan fingerprint density at radius 2 is 2.29 bits per heavy atom. The SMILES string of the molecule is Cc1cc(F)ccc1C1C(=O)NCCN1C(=O)CC[C@@H]1CCCO1. The summed E-state index contributed by atoms with van der Waals surface area (Å²) in [7, 11) is 0. The van der Waals surface area contributed by atoms with Gasteiger partial charge in [0.2, 0.25) is 11.8 Å². The molecule has 6 heteroatoms. The van der Waals surface area contributed by atoms with Crippen molar-refractivity contribution in [3.05, 3.63) is 35.1 Å². The summed E-state index contributed by atoms with van der Waals surface area (Å²) in [5, 5.41) is 2.80. The second-order valence-corrected chi connectivity index (χ2v) is 6.46. The van der Waals surface area contributed by atoms with Gasteiger partial charge in [0.15, 0.2) is 0 Å². The number of hydrogen-bond acceptors (Lipinski definition) is 3. The van der Waals surface area contributed by atoms with E-state index >= 15 is 0 Å². The molecule has 1 aromatic rings. The van der Waals surface area contributed by atoms with Crippen LogP contribution in [0, 0.1) is 12.7 Å². The van der Waals surface area contributed by atoms with Crippen molar-refractivity contribution in [3.63, 3.8) is 0 Å². The summed E-state index contributed by atoms with van der Waals surface area (Å²) in [5.41, 5.74) is 1.35. The highest BCUT2D eigenvalue weighted by Crippen LogP contribution is 2.28. The van der Waals surface area contributed by atoms with Crippen LogP contribution in [0.4, 0.5) is 4.39 Å². The highest BCUT2D eigenvalue weighted by molar-refractivity contribution is 5.90. The number of nitrogens with one attached hydrogen (secondary N) is 1. The smallest absolute Gasteiger partial charge is 0.247 e. The first-order chi connectivity index (χ1) is 11.6. The Labute approximate surface area is 141 Å². The van der Waals surface area contributed by atoms with Crippen molar-refractivity contribution in [1.82, 2.24) is 10.2 Å². The van der Waals surface area contributed by atoms with Gasteiger partial charge < -0.3 is 15.0 Å². The van der Waals surface area contributed by atoms with E-state index < -0.39 is 6.04 Å². The van der Waals surface area contributed by atoms with Gasteiger partial charge in [0.1, 0.15) is 11.9 Å². The van der Waals surface area contributed by atoms with Crippen molar-refractivity contribution in [2.75, 3.05) is 19.7 Å². The zero-order valence-corrected chi connectivity index (χ0v) is 13.9. The van der Waals surface area contributed by atoms with Crippen LogP contribution in [0.3, 0.4) is 0 Å². The number of halogens is 1. The number of ether oxygens (including phenoxy) is 1. The minimum absolute atomic E-state index is 0.0472. The van der Waals surface area contributed by atoms with Gasteiger partial charge in [0.25, 0.3) is 0 Å². The maximum absolute atomic E-state index is 13.4. The minimum atomic E-state index is -0.684. The Morgan fingerprint density at radius 3 is 3.00 bits per heavy atom. The van der Waals surface area contributed by atoms with Gasteiger partial charge in [0, 0.05) is 26.1 Å². The molecular formula is C18H23FN2O3. The Kier molecular flexibility index (Phi) is 5.14. The predicted octanol–water partition coefficient (Wildman–Crippen LogP) is 2.09. The van der Waals surface area contributed by atoms with Crippen LogP contribution in [0.5, 0.6) is 0 Å². The van der Waals surface area contributed by atoms with Crippen LogP contribution in [-0.2, 0) is 14.3 Å². The van der Waals surface area contributed by atoms with Crippen LogP contribution in [-0.4, -0.2) is 42.5 Å². The summed E-state index contributed by atoms with van der Waals surface area (Å²) in [4.78, 5) is 26.7. The standard InChI is InChI=1S/C18H23FN2O3/c1-12-11-13(19)4-6-15(12)17-18(23)20-8-9-21(17)16(22)7-5-14-3-2-10-24-14/h4,6,11,14,17H,2-3,5,7-10H2,1H3,(H,20,23)/t14-,17?/m0/s1. The summed E-state index contributed by atoms with van der Waals surface area (Å²) >= 11 is 0. The summed E-state index contributed by atoms with van der Waals surface area (Å²) in [6, 6.07) is 3.64. The molecule has 2 aliphatic heterocycles. The maximum Gasteiger partial charge on any atom is 0.247 e. The topological polar surface area (TPSA) is 58.6 Å². The molecule has 0 aromatic heterocycles. The molecule has 0 aliphatic carbocycles. The second-order valence-electron chi connectivity index (χ2n) is 6.46. The van der Waals surface area contributed by atoms with E-state index in [-0.39, 0.29) is 23.7 Å². The van der Waals surface area contributed by atoms with Crippen molar-refractivity contribution in [2.24, 2.45) is 0 Å². The Bertz CT molecular complexity index is 629. The van der Waals surface area contributed by atoms with Gasteiger partial charge in [-0.05, 0) is 49.4 Å². The molecule has 1 aromatic carbocycles. The third-order valence-electron chi connectivity index (χ3n) is 4.76. The molecule has 24 heavy (non-hydrogen) atoms. The monoisotopic (exact) mass is 334 g/mol. The molecule has 0 spiro atoms. The number of hydrogen-bond donors (Lipinski definition) is 1. The van der Waals surface area contributed by atoms with Gasteiger partial charge in [-0.1, -0.05) is 6.07 Å². The third-order valence-corrected chi connectivity index (χ3v) is 4.76. The lowest BCUT2D eigenvalue weighted by atomic mass is 9.97. The van der Waals surface area contributed by atoms with Crippen LogP contribution in [0.25, 0.3) is 0 Å². The van der Waals surface area contributed by atoms with Gasteiger partial charge in [-0.2, -0.15) is 0 Å². The molecule has 1 N–H and O–H groups in total. The molecular weight excluding hydrogens is 311 g/mol. The van der Waals surface area contributed by atoms with E-state index in [2.05, 4.69) is 5.32 Å². The molecule has 0 saturated carbocycles. The first-order valence-electron chi connectivity index (χ1n) is 8.51. The van der Waals surface area contributed by atoms with Gasteiger partial charge in [-0.25, -0.2) is 4.39 Å². The number of rotatable bonds is 4. The van der Waals surface area contributed by atoms with E-state index in [1.54, 1.807) is 17.9 Å². The van der Waals surface area contributed by atoms with Gasteiger partial charge in [-0.15, -0.1) is 0 Å². The summed E-state index contributed by atoms with van der Waals surface area (Å²) in [5.74, 6) is -0.598. The quantitative estimate of drug-likeness (QED) is 0.917. The Balaban J connectivity index is 1.75. The van der Waals surface area contributed by atoms with E-state index in [1.807, 2.05) is 0 Å². The predicted molar refractivity (Wildman–Crippen MR) is 86.8 cm³/mol. The van der Waals surface area contributed by atoms with Gasteiger partial charge in [0.05, 0.1) is 6.10 Å². The summed E-state index contributed by atoms with van der Waals surface area (Å²) < 4.78 is 18.9. The molecule has 2 aliphatic rings. The number of nitrogens with zero attached hydrogens (tertiary/aromatic N) is 1. The molecule has 2 amide bonds. The molecule has 2 saturated heterocycles. The average molecular weight is 334 g/mol. The molecule has 130 valence electrons. The summed E-state index contributed by atoms with van der Waals surface area (Å²) in [6.07, 6.45) is 3.25. The number of aryl methyl sites for hydroxylation is 1. The number of piperazine rings is 1. The number of amides is 2. The lowest BCUT2D eigenvalue weighted by molar-refractivity contribution is -0.144. The molecule has 1 unspecified atom stereocenters. The molecule has 5 nitrogen and oxygen atoms in total. The fourth-order valence-electron chi connectivity index (χ4n) is 3.49. The lowest BCUT2D eigenvalue weighted by Crippen LogP contribution is -2.52. The van der Waals surface area contributed by atoms with E-state index in [1.165, 1.54) is 12.1 Å². The lowest BCUT2D eigenvalue weighted by Gasteiger charge is -2.36. The average Bonchev–Trinajstić information content (AvgIpc) is 3.06. The largest absolute Gasteiger partial charge is 0.378 e. The minimum Gasteiger partial charge on any atom is -0.378 e. The van der Waals surface area contributed by atoms with Crippen molar-refractivity contribution in [1.29, 1.82) is 0 Å². The van der Waals surface area contributed by atoms with Crippen LogP contribution in [0.2, 0.25) is 0 Å². The van der Waals surface area contributed by atoms with Crippen LogP contribution >= 0.6 is 0 Å². The highest BCUT2D eigenvalue weighted by Gasteiger charge is 2.35. The number of benzene rings is 1. The molecule has 2 atom stereocenters. The van der Waals surface area contributed by atoms with E-state index in [0.29, 0.717) is 37.1 Å². The van der Waals surface area contributed by atoms with Crippen molar-refractivity contribution >= 4 is 11.8 Å². The zero-order chi connectivity index (χ0) is 17.1. The second kappa shape index (κ2) is 7.30. The van der Waals surface area contributed by atoms with Crippen molar-refractivity contribution in [2.45, 2.75) is 44.8 Å². The Morgan fingerprint density at radius 1 is 1.46 bits per heavy atom. The molecule has 2 fully saturated rings. The highest BCUT2D eigenvalue weighted by atomic mass is 19.1. The van der Waals surface area contributed by atoms with Crippen molar-refractivity contribution in [3.8, 4) is 0 Å². The third kappa shape index (κ3) is 3.59. The first-order valence-corrected chi connectivity index (χ1v) is 8.51. The normalized spacial score (nSPS) is 24.1. The van der Waals surface area contributed by atoms with Crippen molar-refractivity contribution < 1.29 is 18.7 Å². The molecule has 0 radical (unpaired) electrons. The number of carbonyl (C=O) groups is 2. The van der Waals surface area contributed by atoms with Crippen LogP contribution in [0.1, 0.15) is 42.9 Å². The maximum atomic E-state index is 13.4. The van der Waals surface area contributed by atoms with Crippen LogP contribution in [0.15, 0.2) is 18.2 Å². The van der Waals surface area contributed by atoms with Crippen LogP contribution < -0.4 is 5.32 Å². The summed E-state index contributed by atoms with van der Waals surface area (Å²) in [6.45, 7) is 3.44. The van der Waals surface area contributed by atoms with Gasteiger partial charge in [-0.3, -0.25) is 9.59 Å². The molecule has 0 bridgehead atoms. The molecule has 3 rings (SSSR count). The van der Waals surface area contributed by atoms with E-state index in [0.717, 1.165) is 19.4 Å². The molecule has 2 heterocycles. The van der Waals surface area contributed by atoms with Gasteiger partial charge >= 0.3 is 0 Å². The Hall–Kier alpha value is -1.95. The van der Waals surface area contributed by atoms with E-state index in [9.17, 15) is 14.0 Å². The zero-order valence-electron chi connectivity index (χ0n) is 13.9. The first kappa shape index (κ1) is 16.9. The number of carbonyl (C=O) groups excluding carboxylic acids is 2.